The van der Waals surface area contributed by atoms with E-state index in [0.717, 1.165) is 5.56 Å². The largest absolute Gasteiger partial charge is 0.507 e. The molecule has 1 fully saturated rings. The fourth-order valence-electron chi connectivity index (χ4n) is 3.82. The highest BCUT2D eigenvalue weighted by atomic mass is 35.5. The summed E-state index contributed by atoms with van der Waals surface area (Å²) in [5, 5.41) is 11.5. The highest BCUT2D eigenvalue weighted by Crippen LogP contribution is 2.43. The Kier molecular flexibility index (Phi) is 6.11. The van der Waals surface area contributed by atoms with Gasteiger partial charge in [-0.3, -0.25) is 14.6 Å². The Bertz CT molecular complexity index is 1250. The molecule has 1 aliphatic rings. The van der Waals surface area contributed by atoms with Gasteiger partial charge in [0.25, 0.3) is 11.7 Å². The first kappa shape index (κ1) is 22.4. The van der Waals surface area contributed by atoms with Crippen molar-refractivity contribution in [1.29, 1.82) is 0 Å². The van der Waals surface area contributed by atoms with E-state index in [9.17, 15) is 14.7 Å². The molecule has 0 spiro atoms. The summed E-state index contributed by atoms with van der Waals surface area (Å²) in [6.45, 7) is 1.85. The molecular formula is C24H21ClN2O6. The predicted octanol–water partition coefficient (Wildman–Crippen LogP) is 4.28. The van der Waals surface area contributed by atoms with Crippen molar-refractivity contribution in [3.8, 4) is 11.5 Å². The van der Waals surface area contributed by atoms with Gasteiger partial charge >= 0.3 is 0 Å². The molecule has 9 heteroatoms. The molecule has 3 aromatic rings. The Morgan fingerprint density at radius 1 is 1.18 bits per heavy atom. The van der Waals surface area contributed by atoms with Gasteiger partial charge in [0.2, 0.25) is 0 Å². The average Bonchev–Trinajstić information content (AvgIpc) is 3.35. The van der Waals surface area contributed by atoms with E-state index < -0.39 is 23.5 Å². The number of nitrogens with zero attached hydrogens (tertiary/aromatic N) is 2. The third-order valence-electron chi connectivity index (χ3n) is 5.38. The second-order valence-corrected chi connectivity index (χ2v) is 7.83. The molecule has 1 atom stereocenters. The number of likely N-dealkylation sites (tertiary alicyclic amines) is 1. The van der Waals surface area contributed by atoms with Gasteiger partial charge in [0.15, 0.2) is 0 Å². The zero-order valence-corrected chi connectivity index (χ0v) is 18.9. The molecule has 3 heterocycles. The number of benzene rings is 1. The number of amides is 1. The molecule has 1 aliphatic heterocycles. The first-order chi connectivity index (χ1) is 15.8. The molecule has 2 aromatic heterocycles. The summed E-state index contributed by atoms with van der Waals surface area (Å²) in [7, 11) is 2.86. The summed E-state index contributed by atoms with van der Waals surface area (Å²) < 4.78 is 16.4. The number of hydrogen-bond donors (Lipinski definition) is 1. The lowest BCUT2D eigenvalue weighted by Crippen LogP contribution is -2.29. The van der Waals surface area contributed by atoms with Gasteiger partial charge in [-0.2, -0.15) is 0 Å². The van der Waals surface area contributed by atoms with Crippen molar-refractivity contribution in [2.75, 3.05) is 14.2 Å². The standard InChI is InChI=1S/C24H21ClN2O6/c1-13-6-7-17(33-13)21-20(22(28)15-9-16(25)19(32-3)10-18(15)31-2)23(29)24(30)27(21)12-14-5-4-8-26-11-14/h4-11,21,28H,12H2,1-3H3/b22-20+. The lowest BCUT2D eigenvalue weighted by molar-refractivity contribution is -0.140. The second kappa shape index (κ2) is 8.99. The van der Waals surface area contributed by atoms with Gasteiger partial charge < -0.3 is 23.9 Å². The minimum atomic E-state index is -0.954. The van der Waals surface area contributed by atoms with E-state index in [4.69, 9.17) is 25.5 Å². The first-order valence-corrected chi connectivity index (χ1v) is 10.4. The van der Waals surface area contributed by atoms with Crippen LogP contribution in [0.2, 0.25) is 5.02 Å². The van der Waals surface area contributed by atoms with E-state index in [1.165, 1.54) is 31.3 Å². The summed E-state index contributed by atoms with van der Waals surface area (Å²) >= 11 is 6.27. The Labute approximate surface area is 195 Å². The summed E-state index contributed by atoms with van der Waals surface area (Å²) in [5.41, 5.74) is 0.742. The first-order valence-electron chi connectivity index (χ1n) is 10.0. The lowest BCUT2D eigenvalue weighted by atomic mass is 9.98. The Morgan fingerprint density at radius 2 is 1.94 bits per heavy atom. The van der Waals surface area contributed by atoms with Crippen LogP contribution in [-0.4, -0.2) is 40.9 Å². The van der Waals surface area contributed by atoms with E-state index in [1.807, 2.05) is 0 Å². The number of methoxy groups -OCH3 is 2. The van der Waals surface area contributed by atoms with Crippen LogP contribution in [0, 0.1) is 6.92 Å². The number of aliphatic hydroxyl groups is 1. The molecule has 0 bridgehead atoms. The fraction of sp³-hybridized carbons (Fsp3) is 0.208. The smallest absolute Gasteiger partial charge is 0.296 e. The van der Waals surface area contributed by atoms with Crippen LogP contribution in [0.1, 0.15) is 28.7 Å². The number of ether oxygens (including phenoxy) is 2. The molecule has 1 N–H and O–H groups in total. The highest BCUT2D eigenvalue weighted by molar-refractivity contribution is 6.46. The summed E-state index contributed by atoms with van der Waals surface area (Å²) in [5.74, 6) is -0.537. The number of Topliss-reactive ketones (excluding diaryl/α,β-unsaturated/α-hetero) is 1. The third kappa shape index (κ3) is 4.05. The fourth-order valence-corrected chi connectivity index (χ4v) is 4.06. The highest BCUT2D eigenvalue weighted by Gasteiger charge is 2.47. The van der Waals surface area contributed by atoms with Crippen molar-refractivity contribution < 1.29 is 28.6 Å². The number of rotatable bonds is 6. The van der Waals surface area contributed by atoms with Gasteiger partial charge in [0.05, 0.1) is 30.4 Å². The third-order valence-corrected chi connectivity index (χ3v) is 5.67. The van der Waals surface area contributed by atoms with Gasteiger partial charge in [-0.1, -0.05) is 17.7 Å². The van der Waals surface area contributed by atoms with Crippen molar-refractivity contribution in [3.63, 3.8) is 0 Å². The predicted molar refractivity (Wildman–Crippen MR) is 120 cm³/mol. The van der Waals surface area contributed by atoms with Crippen molar-refractivity contribution >= 4 is 29.1 Å². The average molecular weight is 469 g/mol. The number of aliphatic hydroxyl groups excluding tert-OH is 1. The van der Waals surface area contributed by atoms with E-state index >= 15 is 0 Å². The molecule has 1 amide bonds. The monoisotopic (exact) mass is 468 g/mol. The maximum absolute atomic E-state index is 13.2. The SMILES string of the molecule is COc1cc(OC)c(/C(O)=C2\C(=O)C(=O)N(Cc3cccnc3)C2c2ccc(C)o2)cc1Cl. The van der Waals surface area contributed by atoms with Gasteiger partial charge in [-0.25, -0.2) is 0 Å². The van der Waals surface area contributed by atoms with Gasteiger partial charge in [0, 0.05) is 25.0 Å². The number of pyridine rings is 1. The van der Waals surface area contributed by atoms with Crippen LogP contribution < -0.4 is 9.47 Å². The molecule has 33 heavy (non-hydrogen) atoms. The second-order valence-electron chi connectivity index (χ2n) is 7.42. The molecule has 0 radical (unpaired) electrons. The van der Waals surface area contributed by atoms with E-state index in [0.29, 0.717) is 17.3 Å². The molecule has 0 saturated carbocycles. The lowest BCUT2D eigenvalue weighted by Gasteiger charge is -2.23. The Morgan fingerprint density at radius 3 is 2.55 bits per heavy atom. The number of ketones is 1. The molecule has 170 valence electrons. The normalized spacial score (nSPS) is 17.5. The number of hydrogen-bond acceptors (Lipinski definition) is 7. The van der Waals surface area contributed by atoms with Crippen LogP contribution in [-0.2, 0) is 16.1 Å². The minimum Gasteiger partial charge on any atom is -0.507 e. The van der Waals surface area contributed by atoms with Gasteiger partial charge in [-0.15, -0.1) is 0 Å². The summed E-state index contributed by atoms with van der Waals surface area (Å²) in [4.78, 5) is 31.6. The number of furan rings is 1. The van der Waals surface area contributed by atoms with Gasteiger partial charge in [0.1, 0.15) is 34.8 Å². The zero-order chi connectivity index (χ0) is 23.7. The number of carbonyl (C=O) groups is 2. The topological polar surface area (TPSA) is 102 Å². The maximum Gasteiger partial charge on any atom is 0.296 e. The quantitative estimate of drug-likeness (QED) is 0.327. The molecule has 1 unspecified atom stereocenters. The number of halogens is 1. The molecule has 1 aromatic carbocycles. The van der Waals surface area contributed by atoms with Crippen molar-refractivity contribution in [2.45, 2.75) is 19.5 Å². The van der Waals surface area contributed by atoms with E-state index in [1.54, 1.807) is 43.6 Å². The van der Waals surface area contributed by atoms with Crippen molar-refractivity contribution in [3.05, 3.63) is 82.0 Å². The van der Waals surface area contributed by atoms with Crippen LogP contribution in [0.4, 0.5) is 0 Å². The number of carbonyl (C=O) groups excluding carboxylic acids is 2. The van der Waals surface area contributed by atoms with Gasteiger partial charge in [-0.05, 0) is 36.8 Å². The van der Waals surface area contributed by atoms with Crippen molar-refractivity contribution in [1.82, 2.24) is 9.88 Å². The van der Waals surface area contributed by atoms with Crippen LogP contribution in [0.25, 0.3) is 5.76 Å². The maximum atomic E-state index is 13.2. The van der Waals surface area contributed by atoms with Crippen LogP contribution >= 0.6 is 11.6 Å². The summed E-state index contributed by atoms with van der Waals surface area (Å²) in [6.07, 6.45) is 3.22. The minimum absolute atomic E-state index is 0.0973. The van der Waals surface area contributed by atoms with E-state index in [2.05, 4.69) is 4.98 Å². The Balaban J connectivity index is 1.90. The molecule has 8 nitrogen and oxygen atoms in total. The molecule has 0 aliphatic carbocycles. The zero-order valence-electron chi connectivity index (χ0n) is 18.2. The van der Waals surface area contributed by atoms with E-state index in [-0.39, 0.29) is 28.5 Å². The van der Waals surface area contributed by atoms with Crippen LogP contribution in [0.3, 0.4) is 0 Å². The molecule has 1 saturated heterocycles. The summed E-state index contributed by atoms with van der Waals surface area (Å²) in [6, 6.07) is 8.90. The van der Waals surface area contributed by atoms with Crippen LogP contribution in [0.5, 0.6) is 11.5 Å². The van der Waals surface area contributed by atoms with Crippen molar-refractivity contribution in [2.24, 2.45) is 0 Å². The molecule has 4 rings (SSSR count). The number of aromatic nitrogens is 1. The van der Waals surface area contributed by atoms with Crippen LogP contribution in [0.15, 0.2) is 58.8 Å². The molecular weight excluding hydrogens is 448 g/mol. The number of aryl methyl sites for hydroxylation is 1. The Hall–Kier alpha value is -3.78.